The molecule has 0 aliphatic rings. The highest BCUT2D eigenvalue weighted by Crippen LogP contribution is 2.17. The van der Waals surface area contributed by atoms with Crippen LogP contribution in [0.5, 0.6) is 0 Å². The minimum atomic E-state index is -0.934. The van der Waals surface area contributed by atoms with Gasteiger partial charge in [0.25, 0.3) is 0 Å². The molecule has 0 fully saturated rings. The van der Waals surface area contributed by atoms with E-state index in [4.69, 9.17) is 9.84 Å². The Kier molecular flexibility index (Phi) is 7.01. The van der Waals surface area contributed by atoms with Gasteiger partial charge in [0.1, 0.15) is 5.82 Å². The van der Waals surface area contributed by atoms with Crippen LogP contribution in [0.4, 0.5) is 5.82 Å². The lowest BCUT2D eigenvalue weighted by atomic mass is 10.1. The Morgan fingerprint density at radius 3 is 2.75 bits per heavy atom. The van der Waals surface area contributed by atoms with E-state index < -0.39 is 5.97 Å². The first-order valence-electron chi connectivity index (χ1n) is 7.11. The molecule has 5 heteroatoms. The topological polar surface area (TPSA) is 71.5 Å². The SMILES string of the molecule is CCCCOCCNc1cc(C(=O)O)cc(C(C)C)n1. The Morgan fingerprint density at radius 2 is 2.15 bits per heavy atom. The van der Waals surface area contributed by atoms with Gasteiger partial charge >= 0.3 is 5.97 Å². The van der Waals surface area contributed by atoms with Crippen molar-refractivity contribution in [3.8, 4) is 0 Å². The second kappa shape index (κ2) is 8.53. The molecule has 112 valence electrons. The third kappa shape index (κ3) is 5.57. The molecule has 5 nitrogen and oxygen atoms in total. The van der Waals surface area contributed by atoms with Gasteiger partial charge in [0.15, 0.2) is 0 Å². The van der Waals surface area contributed by atoms with Crippen LogP contribution in [0.25, 0.3) is 0 Å². The van der Waals surface area contributed by atoms with Crippen LogP contribution in [-0.2, 0) is 4.74 Å². The normalized spacial score (nSPS) is 10.8. The van der Waals surface area contributed by atoms with Gasteiger partial charge in [-0.15, -0.1) is 0 Å². The molecule has 0 atom stereocenters. The number of anilines is 1. The molecule has 0 spiro atoms. The lowest BCUT2D eigenvalue weighted by Crippen LogP contribution is -2.13. The third-order valence-electron chi connectivity index (χ3n) is 2.88. The van der Waals surface area contributed by atoms with Crippen LogP contribution in [-0.4, -0.2) is 35.8 Å². The van der Waals surface area contributed by atoms with Crippen molar-refractivity contribution in [1.82, 2.24) is 4.98 Å². The standard InChI is InChI=1S/C15H24N2O3/c1-4-5-7-20-8-6-16-14-10-12(15(18)19)9-13(17-14)11(2)3/h9-11H,4-8H2,1-3H3,(H,16,17)(H,18,19). The van der Waals surface area contributed by atoms with E-state index in [1.807, 2.05) is 13.8 Å². The summed E-state index contributed by atoms with van der Waals surface area (Å²) in [7, 11) is 0. The van der Waals surface area contributed by atoms with E-state index >= 15 is 0 Å². The van der Waals surface area contributed by atoms with E-state index in [0.29, 0.717) is 19.0 Å². The number of ether oxygens (including phenoxy) is 1. The number of nitrogens with one attached hydrogen (secondary N) is 1. The summed E-state index contributed by atoms with van der Waals surface area (Å²) in [6, 6.07) is 3.18. The summed E-state index contributed by atoms with van der Waals surface area (Å²) in [6.45, 7) is 8.08. The molecule has 0 aromatic carbocycles. The zero-order valence-corrected chi connectivity index (χ0v) is 12.5. The molecule has 1 aromatic heterocycles. The van der Waals surface area contributed by atoms with Crippen molar-refractivity contribution < 1.29 is 14.6 Å². The maximum absolute atomic E-state index is 11.1. The number of aromatic carboxylic acids is 1. The van der Waals surface area contributed by atoms with Crippen LogP contribution in [0.2, 0.25) is 0 Å². The van der Waals surface area contributed by atoms with Crippen molar-refractivity contribution >= 4 is 11.8 Å². The van der Waals surface area contributed by atoms with Crippen molar-refractivity contribution in [2.45, 2.75) is 39.5 Å². The zero-order chi connectivity index (χ0) is 15.0. The number of pyridine rings is 1. The van der Waals surface area contributed by atoms with Crippen molar-refractivity contribution in [2.75, 3.05) is 25.1 Å². The van der Waals surface area contributed by atoms with E-state index in [1.54, 1.807) is 12.1 Å². The quantitative estimate of drug-likeness (QED) is 0.680. The Hall–Kier alpha value is -1.62. The van der Waals surface area contributed by atoms with Crippen molar-refractivity contribution in [2.24, 2.45) is 0 Å². The maximum Gasteiger partial charge on any atom is 0.335 e. The van der Waals surface area contributed by atoms with Crippen LogP contribution < -0.4 is 5.32 Å². The number of carbonyl (C=O) groups is 1. The molecule has 0 saturated carbocycles. The molecule has 0 radical (unpaired) electrons. The highest BCUT2D eigenvalue weighted by atomic mass is 16.5. The maximum atomic E-state index is 11.1. The van der Waals surface area contributed by atoms with Gasteiger partial charge in [0, 0.05) is 18.8 Å². The van der Waals surface area contributed by atoms with Crippen LogP contribution in [0.1, 0.15) is 55.6 Å². The molecule has 1 rings (SSSR count). The third-order valence-corrected chi connectivity index (χ3v) is 2.88. The molecular formula is C15H24N2O3. The molecule has 0 bridgehead atoms. The average molecular weight is 280 g/mol. The average Bonchev–Trinajstić information content (AvgIpc) is 2.42. The fourth-order valence-corrected chi connectivity index (χ4v) is 1.66. The minimum absolute atomic E-state index is 0.190. The Balaban J connectivity index is 2.58. The minimum Gasteiger partial charge on any atom is -0.478 e. The molecule has 0 saturated heterocycles. The predicted octanol–water partition coefficient (Wildman–Crippen LogP) is 3.13. The lowest BCUT2D eigenvalue weighted by molar-refractivity contribution is 0.0696. The molecule has 1 aromatic rings. The highest BCUT2D eigenvalue weighted by Gasteiger charge is 2.10. The van der Waals surface area contributed by atoms with Gasteiger partial charge in [-0.3, -0.25) is 0 Å². The van der Waals surface area contributed by atoms with Gasteiger partial charge in [0.2, 0.25) is 0 Å². The van der Waals surface area contributed by atoms with Gasteiger partial charge < -0.3 is 15.2 Å². The molecule has 0 amide bonds. The van der Waals surface area contributed by atoms with Crippen molar-refractivity contribution in [3.63, 3.8) is 0 Å². The number of aromatic nitrogens is 1. The number of carboxylic acid groups (broad SMARTS) is 1. The van der Waals surface area contributed by atoms with Crippen LogP contribution in [0.3, 0.4) is 0 Å². The predicted molar refractivity (Wildman–Crippen MR) is 79.5 cm³/mol. The fraction of sp³-hybridized carbons (Fsp3) is 0.600. The van der Waals surface area contributed by atoms with Crippen LogP contribution in [0, 0.1) is 0 Å². The second-order valence-electron chi connectivity index (χ2n) is 5.02. The summed E-state index contributed by atoms with van der Waals surface area (Å²) < 4.78 is 5.44. The molecular weight excluding hydrogens is 256 g/mol. The van der Waals surface area contributed by atoms with E-state index in [0.717, 1.165) is 25.1 Å². The van der Waals surface area contributed by atoms with Gasteiger partial charge in [-0.25, -0.2) is 9.78 Å². The Bertz CT molecular complexity index is 433. The lowest BCUT2D eigenvalue weighted by Gasteiger charge is -2.11. The first-order valence-corrected chi connectivity index (χ1v) is 7.11. The van der Waals surface area contributed by atoms with Crippen LogP contribution in [0.15, 0.2) is 12.1 Å². The number of nitrogens with zero attached hydrogens (tertiary/aromatic N) is 1. The summed E-state index contributed by atoms with van der Waals surface area (Å²) in [5, 5.41) is 12.2. The van der Waals surface area contributed by atoms with Gasteiger partial charge in [-0.2, -0.15) is 0 Å². The summed E-state index contributed by atoms with van der Waals surface area (Å²) in [4.78, 5) is 15.5. The number of rotatable bonds is 9. The van der Waals surface area contributed by atoms with E-state index in [2.05, 4.69) is 17.2 Å². The van der Waals surface area contributed by atoms with E-state index in [9.17, 15) is 4.79 Å². The Labute approximate surface area is 120 Å². The smallest absolute Gasteiger partial charge is 0.335 e. The van der Waals surface area contributed by atoms with E-state index in [1.165, 1.54) is 0 Å². The molecule has 20 heavy (non-hydrogen) atoms. The number of carboxylic acids is 1. The molecule has 0 aliphatic carbocycles. The number of unbranched alkanes of at least 4 members (excludes halogenated alkanes) is 1. The molecule has 0 unspecified atom stereocenters. The molecule has 0 aliphatic heterocycles. The highest BCUT2D eigenvalue weighted by molar-refractivity contribution is 5.88. The summed E-state index contributed by atoms with van der Waals surface area (Å²) in [5.41, 5.74) is 1.04. The largest absolute Gasteiger partial charge is 0.478 e. The molecule has 1 heterocycles. The first kappa shape index (κ1) is 16.4. The van der Waals surface area contributed by atoms with Gasteiger partial charge in [-0.1, -0.05) is 27.2 Å². The van der Waals surface area contributed by atoms with Crippen molar-refractivity contribution in [1.29, 1.82) is 0 Å². The van der Waals surface area contributed by atoms with Crippen molar-refractivity contribution in [3.05, 3.63) is 23.4 Å². The number of hydrogen-bond donors (Lipinski definition) is 2. The Morgan fingerprint density at radius 1 is 1.40 bits per heavy atom. The summed E-state index contributed by atoms with van der Waals surface area (Å²) >= 11 is 0. The fourth-order valence-electron chi connectivity index (χ4n) is 1.66. The second-order valence-corrected chi connectivity index (χ2v) is 5.02. The van der Waals surface area contributed by atoms with E-state index in [-0.39, 0.29) is 11.5 Å². The first-order chi connectivity index (χ1) is 9.54. The molecule has 2 N–H and O–H groups in total. The van der Waals surface area contributed by atoms with Gasteiger partial charge in [-0.05, 0) is 24.5 Å². The monoisotopic (exact) mass is 280 g/mol. The van der Waals surface area contributed by atoms with Crippen LogP contribution >= 0.6 is 0 Å². The summed E-state index contributed by atoms with van der Waals surface area (Å²) in [5.74, 6) is -0.153. The summed E-state index contributed by atoms with van der Waals surface area (Å²) in [6.07, 6.45) is 2.18. The van der Waals surface area contributed by atoms with Gasteiger partial charge in [0.05, 0.1) is 12.2 Å². The number of hydrogen-bond acceptors (Lipinski definition) is 4. The zero-order valence-electron chi connectivity index (χ0n) is 12.5.